The lowest BCUT2D eigenvalue weighted by molar-refractivity contribution is -0.123. The lowest BCUT2D eigenvalue weighted by Crippen LogP contribution is -2.32. The standard InChI is InChI=1S/C25H30N8O2/c1-17(2)33-16-27-29-23(33)21-5-4-6-22(28-21)32-14-13-31(25(32)35)20-9-7-19(8-10-20)30-12-11-18(15-30)24(34)26-3/h4-10,16-18H,11-15H2,1-3H3,(H,26,34)/t18-/m1/s1. The van der Waals surface area contributed by atoms with Gasteiger partial charge in [0.05, 0.1) is 5.92 Å². The monoisotopic (exact) mass is 474 g/mol. The summed E-state index contributed by atoms with van der Waals surface area (Å²) in [6.45, 7) is 6.81. The predicted molar refractivity (Wildman–Crippen MR) is 135 cm³/mol. The van der Waals surface area contributed by atoms with Crippen LogP contribution in [0.4, 0.5) is 22.0 Å². The van der Waals surface area contributed by atoms with Crippen LogP contribution >= 0.6 is 0 Å². The maximum Gasteiger partial charge on any atom is 0.330 e. The van der Waals surface area contributed by atoms with E-state index >= 15 is 0 Å². The van der Waals surface area contributed by atoms with E-state index in [0.29, 0.717) is 37.0 Å². The molecular weight excluding hydrogens is 444 g/mol. The van der Waals surface area contributed by atoms with Gasteiger partial charge in [-0.05, 0) is 56.7 Å². The fourth-order valence-corrected chi connectivity index (χ4v) is 4.75. The molecule has 0 spiro atoms. The number of pyridine rings is 1. The van der Waals surface area contributed by atoms with E-state index in [-0.39, 0.29) is 23.9 Å². The van der Waals surface area contributed by atoms with Gasteiger partial charge in [-0.2, -0.15) is 0 Å². The van der Waals surface area contributed by atoms with Crippen LogP contribution in [0.5, 0.6) is 0 Å². The number of urea groups is 1. The van der Waals surface area contributed by atoms with Gasteiger partial charge >= 0.3 is 6.03 Å². The van der Waals surface area contributed by atoms with Crippen molar-refractivity contribution in [3.8, 4) is 11.5 Å². The summed E-state index contributed by atoms with van der Waals surface area (Å²) in [5, 5.41) is 11.0. The van der Waals surface area contributed by atoms with Crippen molar-refractivity contribution in [3.05, 3.63) is 48.8 Å². The van der Waals surface area contributed by atoms with Gasteiger partial charge in [-0.3, -0.25) is 14.6 Å². The Balaban J connectivity index is 1.30. The summed E-state index contributed by atoms with van der Waals surface area (Å²) in [4.78, 5) is 35.6. The molecular formula is C25H30N8O2. The number of nitrogens with zero attached hydrogens (tertiary/aromatic N) is 7. The Kier molecular flexibility index (Phi) is 6.10. The fraction of sp³-hybridized carbons (Fsp3) is 0.400. The molecule has 1 aromatic carbocycles. The van der Waals surface area contributed by atoms with Crippen molar-refractivity contribution in [3.63, 3.8) is 0 Å². The number of carbonyl (C=O) groups excluding carboxylic acids is 2. The molecule has 1 atom stereocenters. The minimum Gasteiger partial charge on any atom is -0.371 e. The van der Waals surface area contributed by atoms with Crippen LogP contribution in [-0.4, -0.2) is 64.9 Å². The molecule has 0 unspecified atom stereocenters. The molecule has 10 nitrogen and oxygen atoms in total. The first-order valence-corrected chi connectivity index (χ1v) is 12.0. The number of aromatic nitrogens is 4. The first-order valence-electron chi connectivity index (χ1n) is 12.0. The highest BCUT2D eigenvalue weighted by molar-refractivity contribution is 6.05. The molecule has 0 radical (unpaired) electrons. The van der Waals surface area contributed by atoms with Gasteiger partial charge in [0.1, 0.15) is 17.8 Å². The van der Waals surface area contributed by atoms with E-state index in [1.807, 2.05) is 47.0 Å². The zero-order valence-electron chi connectivity index (χ0n) is 20.3. The zero-order valence-corrected chi connectivity index (χ0v) is 20.3. The highest BCUT2D eigenvalue weighted by atomic mass is 16.2. The molecule has 2 aliphatic heterocycles. The van der Waals surface area contributed by atoms with Crippen LogP contribution in [0.3, 0.4) is 0 Å². The Bertz CT molecular complexity index is 1220. The van der Waals surface area contributed by atoms with E-state index in [0.717, 1.165) is 24.3 Å². The van der Waals surface area contributed by atoms with E-state index in [2.05, 4.69) is 34.3 Å². The van der Waals surface area contributed by atoms with Crippen molar-refractivity contribution in [1.29, 1.82) is 0 Å². The van der Waals surface area contributed by atoms with E-state index in [4.69, 9.17) is 4.98 Å². The molecule has 35 heavy (non-hydrogen) atoms. The summed E-state index contributed by atoms with van der Waals surface area (Å²) >= 11 is 0. The Morgan fingerprint density at radius 2 is 1.77 bits per heavy atom. The van der Waals surface area contributed by atoms with Gasteiger partial charge < -0.3 is 14.8 Å². The van der Waals surface area contributed by atoms with Crippen molar-refractivity contribution in [2.45, 2.75) is 26.3 Å². The maximum absolute atomic E-state index is 13.3. The van der Waals surface area contributed by atoms with E-state index < -0.39 is 0 Å². The van der Waals surface area contributed by atoms with Crippen LogP contribution in [-0.2, 0) is 4.79 Å². The third-order valence-corrected chi connectivity index (χ3v) is 6.71. The Morgan fingerprint density at radius 3 is 2.51 bits per heavy atom. The van der Waals surface area contributed by atoms with E-state index in [1.54, 1.807) is 23.2 Å². The molecule has 2 saturated heterocycles. The molecule has 1 N–H and O–H groups in total. The SMILES string of the molecule is CNC(=O)[C@@H]1CCN(c2ccc(N3CCN(c4cccc(-c5nncn5C(C)C)n4)C3=O)cc2)C1. The highest BCUT2D eigenvalue weighted by Crippen LogP contribution is 2.29. The average Bonchev–Trinajstić information content (AvgIpc) is 3.63. The van der Waals surface area contributed by atoms with Gasteiger partial charge in [0, 0.05) is 50.6 Å². The molecule has 3 aromatic rings. The Morgan fingerprint density at radius 1 is 1.03 bits per heavy atom. The summed E-state index contributed by atoms with van der Waals surface area (Å²) in [7, 11) is 1.68. The van der Waals surface area contributed by atoms with E-state index in [1.165, 1.54) is 0 Å². The number of amides is 3. The second-order valence-corrected chi connectivity index (χ2v) is 9.18. The van der Waals surface area contributed by atoms with Crippen molar-refractivity contribution < 1.29 is 9.59 Å². The van der Waals surface area contributed by atoms with Gasteiger partial charge in [-0.25, -0.2) is 9.78 Å². The first-order chi connectivity index (χ1) is 17.0. The summed E-state index contributed by atoms with van der Waals surface area (Å²) in [5.74, 6) is 1.39. The Hall–Kier alpha value is -3.95. The molecule has 10 heteroatoms. The molecule has 2 fully saturated rings. The second kappa shape index (κ2) is 9.36. The zero-order chi connectivity index (χ0) is 24.5. The number of carbonyl (C=O) groups is 2. The van der Waals surface area contributed by atoms with Crippen LogP contribution in [0.2, 0.25) is 0 Å². The topological polar surface area (TPSA) is 99.5 Å². The first kappa shape index (κ1) is 22.8. The second-order valence-electron chi connectivity index (χ2n) is 9.18. The van der Waals surface area contributed by atoms with Gasteiger partial charge in [-0.1, -0.05) is 6.07 Å². The van der Waals surface area contributed by atoms with Crippen LogP contribution in [0.1, 0.15) is 26.3 Å². The quantitative estimate of drug-likeness (QED) is 0.590. The predicted octanol–water partition coefficient (Wildman–Crippen LogP) is 2.94. The number of hydrogen-bond donors (Lipinski definition) is 1. The largest absolute Gasteiger partial charge is 0.371 e. The third-order valence-electron chi connectivity index (χ3n) is 6.71. The molecule has 0 saturated carbocycles. The van der Waals surface area contributed by atoms with Crippen LogP contribution in [0, 0.1) is 5.92 Å². The Labute approximate surface area is 204 Å². The molecule has 2 aliphatic rings. The van der Waals surface area contributed by atoms with Crippen molar-refractivity contribution in [2.75, 3.05) is 47.9 Å². The molecule has 182 valence electrons. The summed E-state index contributed by atoms with van der Waals surface area (Å²) in [6.07, 6.45) is 2.54. The number of nitrogens with one attached hydrogen (secondary N) is 1. The molecule has 2 aromatic heterocycles. The van der Waals surface area contributed by atoms with Crippen molar-refractivity contribution in [1.82, 2.24) is 25.1 Å². The normalized spacial score (nSPS) is 18.1. The van der Waals surface area contributed by atoms with E-state index in [9.17, 15) is 9.59 Å². The minimum absolute atomic E-state index is 0.0195. The molecule has 4 heterocycles. The van der Waals surface area contributed by atoms with Crippen LogP contribution < -0.4 is 20.0 Å². The van der Waals surface area contributed by atoms with Crippen LogP contribution in [0.25, 0.3) is 11.5 Å². The van der Waals surface area contributed by atoms with Crippen molar-refractivity contribution >= 4 is 29.1 Å². The molecule has 0 bridgehead atoms. The third kappa shape index (κ3) is 4.31. The van der Waals surface area contributed by atoms with Crippen molar-refractivity contribution in [2.24, 2.45) is 5.92 Å². The number of benzene rings is 1. The number of rotatable bonds is 6. The molecule has 5 rings (SSSR count). The van der Waals surface area contributed by atoms with Gasteiger partial charge in [0.2, 0.25) is 5.91 Å². The number of hydrogen-bond acceptors (Lipinski definition) is 6. The summed E-state index contributed by atoms with van der Waals surface area (Å²) in [6, 6.07) is 13.7. The van der Waals surface area contributed by atoms with Gasteiger partial charge in [0.25, 0.3) is 0 Å². The van der Waals surface area contributed by atoms with Gasteiger partial charge in [-0.15, -0.1) is 10.2 Å². The minimum atomic E-state index is -0.103. The molecule has 3 amide bonds. The lowest BCUT2D eigenvalue weighted by atomic mass is 10.1. The summed E-state index contributed by atoms with van der Waals surface area (Å²) in [5.41, 5.74) is 2.59. The van der Waals surface area contributed by atoms with Crippen LogP contribution in [0.15, 0.2) is 48.8 Å². The van der Waals surface area contributed by atoms with Gasteiger partial charge in [0.15, 0.2) is 5.82 Å². The lowest BCUT2D eigenvalue weighted by Gasteiger charge is -2.21. The fourth-order valence-electron chi connectivity index (χ4n) is 4.75. The smallest absolute Gasteiger partial charge is 0.330 e. The molecule has 0 aliphatic carbocycles. The summed E-state index contributed by atoms with van der Waals surface area (Å²) < 4.78 is 1.96. The average molecular weight is 475 g/mol. The maximum atomic E-state index is 13.3. The highest BCUT2D eigenvalue weighted by Gasteiger charge is 2.32. The number of anilines is 3.